The van der Waals surface area contributed by atoms with Crippen molar-refractivity contribution in [2.24, 2.45) is 0 Å². The number of halogens is 1. The molecule has 2 N–H and O–H groups in total. The van der Waals surface area contributed by atoms with Crippen LogP contribution in [-0.2, 0) is 6.42 Å². The van der Waals surface area contributed by atoms with Crippen molar-refractivity contribution in [3.8, 4) is 0 Å². The van der Waals surface area contributed by atoms with Gasteiger partial charge in [-0.1, -0.05) is 16.8 Å². The molecule has 8 heteroatoms. The number of nitrogens with zero attached hydrogens (tertiary/aromatic N) is 3. The van der Waals surface area contributed by atoms with Crippen LogP contribution in [0.1, 0.15) is 11.7 Å². The van der Waals surface area contributed by atoms with E-state index in [0.29, 0.717) is 30.5 Å². The van der Waals surface area contributed by atoms with E-state index in [1.807, 2.05) is 0 Å². The summed E-state index contributed by atoms with van der Waals surface area (Å²) >= 11 is 5.76. The van der Waals surface area contributed by atoms with E-state index in [9.17, 15) is 4.79 Å². The van der Waals surface area contributed by atoms with Gasteiger partial charge >= 0.3 is 0 Å². The number of anilines is 1. The molecule has 7 nitrogen and oxygen atoms in total. The molecule has 0 fully saturated rings. The fourth-order valence-corrected chi connectivity index (χ4v) is 1.41. The summed E-state index contributed by atoms with van der Waals surface area (Å²) in [5, 5.41) is 6.71. The first-order valence-corrected chi connectivity index (χ1v) is 5.31. The van der Waals surface area contributed by atoms with E-state index < -0.39 is 0 Å². The summed E-state index contributed by atoms with van der Waals surface area (Å²) in [5.41, 5.74) is -0.375. The Labute approximate surface area is 101 Å². The molecule has 0 saturated carbocycles. The van der Waals surface area contributed by atoms with Gasteiger partial charge in [-0.15, -0.1) is 0 Å². The van der Waals surface area contributed by atoms with Crippen LogP contribution in [-0.4, -0.2) is 26.7 Å². The van der Waals surface area contributed by atoms with Crippen LogP contribution in [0.4, 0.5) is 5.82 Å². The smallest absolute Gasteiger partial charge is 0.271 e. The Balaban J connectivity index is 1.94. The highest BCUT2D eigenvalue weighted by molar-refractivity contribution is 6.32. The van der Waals surface area contributed by atoms with Crippen molar-refractivity contribution in [2.45, 2.75) is 13.3 Å². The Bertz CT molecular complexity index is 565. The molecule has 0 aromatic carbocycles. The van der Waals surface area contributed by atoms with Gasteiger partial charge in [0.2, 0.25) is 5.89 Å². The van der Waals surface area contributed by atoms with Gasteiger partial charge in [-0.25, -0.2) is 4.98 Å². The molecule has 2 aromatic rings. The van der Waals surface area contributed by atoms with Crippen LogP contribution < -0.4 is 10.9 Å². The zero-order valence-electron chi connectivity index (χ0n) is 9.03. The lowest BCUT2D eigenvalue weighted by molar-refractivity contribution is 0.387. The van der Waals surface area contributed by atoms with Crippen LogP contribution >= 0.6 is 11.6 Å². The largest absolute Gasteiger partial charge is 0.368 e. The van der Waals surface area contributed by atoms with E-state index in [-0.39, 0.29) is 10.6 Å². The molecule has 0 atom stereocenters. The van der Waals surface area contributed by atoms with Gasteiger partial charge in [-0.2, -0.15) is 4.98 Å². The molecule has 0 unspecified atom stereocenters. The lowest BCUT2D eigenvalue weighted by atomic mass is 10.4. The van der Waals surface area contributed by atoms with Gasteiger partial charge in [0.25, 0.3) is 5.56 Å². The summed E-state index contributed by atoms with van der Waals surface area (Å²) in [6.07, 6.45) is 1.84. The monoisotopic (exact) mass is 255 g/mol. The van der Waals surface area contributed by atoms with E-state index in [1.54, 1.807) is 6.92 Å². The lowest BCUT2D eigenvalue weighted by Gasteiger charge is -2.03. The summed E-state index contributed by atoms with van der Waals surface area (Å²) in [4.78, 5) is 21.5. The molecule has 0 aliphatic heterocycles. The van der Waals surface area contributed by atoms with Crippen LogP contribution in [0, 0.1) is 6.92 Å². The van der Waals surface area contributed by atoms with E-state index >= 15 is 0 Å². The van der Waals surface area contributed by atoms with Crippen molar-refractivity contribution in [3.05, 3.63) is 33.4 Å². The molecule has 17 heavy (non-hydrogen) atoms. The molecule has 90 valence electrons. The van der Waals surface area contributed by atoms with Crippen molar-refractivity contribution in [3.63, 3.8) is 0 Å². The molecule has 0 radical (unpaired) electrons. The number of hydrogen-bond donors (Lipinski definition) is 2. The normalized spacial score (nSPS) is 10.5. The molecule has 0 spiro atoms. The quantitative estimate of drug-likeness (QED) is 0.838. The minimum atomic E-state index is -0.375. The molecule has 0 aliphatic carbocycles. The number of aromatic amines is 1. The topological polar surface area (TPSA) is 96.7 Å². The van der Waals surface area contributed by atoms with Gasteiger partial charge < -0.3 is 14.8 Å². The van der Waals surface area contributed by atoms with Crippen molar-refractivity contribution in [1.82, 2.24) is 20.1 Å². The number of H-pyrrole nitrogens is 1. The van der Waals surface area contributed by atoms with E-state index in [0.717, 1.165) is 0 Å². The molecule has 0 saturated heterocycles. The van der Waals surface area contributed by atoms with E-state index in [2.05, 4.69) is 25.4 Å². The number of hydrogen-bond acceptors (Lipinski definition) is 6. The van der Waals surface area contributed by atoms with Crippen LogP contribution in [0.25, 0.3) is 0 Å². The Hall–Kier alpha value is -1.89. The maximum Gasteiger partial charge on any atom is 0.271 e. The van der Waals surface area contributed by atoms with Crippen molar-refractivity contribution >= 4 is 17.4 Å². The van der Waals surface area contributed by atoms with Gasteiger partial charge in [0.1, 0.15) is 5.02 Å². The Morgan fingerprint density at radius 1 is 1.59 bits per heavy atom. The molecule has 0 bridgehead atoms. The van der Waals surface area contributed by atoms with Crippen LogP contribution in [0.15, 0.2) is 15.6 Å². The highest BCUT2D eigenvalue weighted by Crippen LogP contribution is 2.11. The zero-order valence-corrected chi connectivity index (χ0v) is 9.78. The van der Waals surface area contributed by atoms with Gasteiger partial charge in [-0.05, 0) is 0 Å². The summed E-state index contributed by atoms with van der Waals surface area (Å²) in [6, 6.07) is 0. The zero-order chi connectivity index (χ0) is 12.3. The second-order valence-electron chi connectivity index (χ2n) is 3.30. The number of rotatable bonds is 4. The summed E-state index contributed by atoms with van der Waals surface area (Å²) < 4.78 is 4.82. The van der Waals surface area contributed by atoms with Gasteiger partial charge in [0, 0.05) is 19.9 Å². The first-order valence-electron chi connectivity index (χ1n) is 4.93. The fourth-order valence-electron chi connectivity index (χ4n) is 1.24. The van der Waals surface area contributed by atoms with Crippen molar-refractivity contribution in [1.29, 1.82) is 0 Å². The van der Waals surface area contributed by atoms with Crippen LogP contribution in [0.2, 0.25) is 5.02 Å². The molecular weight excluding hydrogens is 246 g/mol. The molecule has 0 aliphatic rings. The molecule has 2 aromatic heterocycles. The average molecular weight is 256 g/mol. The van der Waals surface area contributed by atoms with Crippen LogP contribution in [0.5, 0.6) is 0 Å². The van der Waals surface area contributed by atoms with E-state index in [1.165, 1.54) is 6.33 Å². The first-order chi connectivity index (χ1) is 8.16. The third-order valence-corrected chi connectivity index (χ3v) is 2.36. The van der Waals surface area contributed by atoms with Crippen LogP contribution in [0.3, 0.4) is 0 Å². The predicted molar refractivity (Wildman–Crippen MR) is 61.1 cm³/mol. The number of aromatic nitrogens is 4. The lowest BCUT2D eigenvalue weighted by Crippen LogP contribution is -2.13. The standard InChI is InChI=1S/C9H10ClN5O2/c1-5-14-6(15-17-5)2-3-11-8-7(10)9(16)13-4-12-8/h4H,2-3H2,1H3,(H2,11,12,13,16). The second-order valence-corrected chi connectivity index (χ2v) is 3.68. The van der Waals surface area contributed by atoms with Crippen molar-refractivity contribution < 1.29 is 4.52 Å². The average Bonchev–Trinajstić information content (AvgIpc) is 2.70. The summed E-state index contributed by atoms with van der Waals surface area (Å²) in [6.45, 7) is 2.23. The Kier molecular flexibility index (Phi) is 3.38. The highest BCUT2D eigenvalue weighted by atomic mass is 35.5. The van der Waals surface area contributed by atoms with Gasteiger partial charge in [0.05, 0.1) is 6.33 Å². The van der Waals surface area contributed by atoms with E-state index in [4.69, 9.17) is 16.1 Å². The van der Waals surface area contributed by atoms with Crippen molar-refractivity contribution in [2.75, 3.05) is 11.9 Å². The number of nitrogens with one attached hydrogen (secondary N) is 2. The summed E-state index contributed by atoms with van der Waals surface area (Å²) in [5.74, 6) is 1.46. The third-order valence-electron chi connectivity index (χ3n) is 2.01. The minimum absolute atomic E-state index is 0.0387. The Morgan fingerprint density at radius 3 is 3.12 bits per heavy atom. The second kappa shape index (κ2) is 4.96. The SMILES string of the molecule is Cc1nc(CCNc2nc[nH]c(=O)c2Cl)no1. The summed E-state index contributed by atoms with van der Waals surface area (Å²) in [7, 11) is 0. The predicted octanol–water partition coefficient (Wildman–Crippen LogP) is 0.769. The third kappa shape index (κ3) is 2.82. The molecule has 2 rings (SSSR count). The Morgan fingerprint density at radius 2 is 2.41 bits per heavy atom. The van der Waals surface area contributed by atoms with Gasteiger partial charge in [0.15, 0.2) is 11.6 Å². The minimum Gasteiger partial charge on any atom is -0.368 e. The molecular formula is C9H10ClN5O2. The maximum atomic E-state index is 11.2. The maximum absolute atomic E-state index is 11.2. The molecule has 2 heterocycles. The number of aryl methyl sites for hydroxylation is 1. The fraction of sp³-hybridized carbons (Fsp3) is 0.333. The highest BCUT2D eigenvalue weighted by Gasteiger charge is 2.06. The molecule has 0 amide bonds. The first kappa shape index (κ1) is 11.6. The van der Waals surface area contributed by atoms with Gasteiger partial charge in [-0.3, -0.25) is 4.79 Å².